The van der Waals surface area contributed by atoms with E-state index in [0.29, 0.717) is 18.8 Å². The number of hydrogen-bond acceptors (Lipinski definition) is 6. The lowest BCUT2D eigenvalue weighted by Crippen LogP contribution is -2.50. The molecule has 9 nitrogen and oxygen atoms in total. The summed E-state index contributed by atoms with van der Waals surface area (Å²) < 4.78 is 64.6. The number of aliphatic carboxylic acids is 1. The molecular weight excluding hydrogens is 491 g/mol. The first-order valence-corrected chi connectivity index (χ1v) is 11.9. The van der Waals surface area contributed by atoms with Crippen molar-refractivity contribution < 1.29 is 41.0 Å². The molecule has 0 unspecified atom stereocenters. The summed E-state index contributed by atoms with van der Waals surface area (Å²) in [6.45, 7) is 2.54. The minimum Gasteiger partial charge on any atom is -0.497 e. The third kappa shape index (κ3) is 8.53. The third-order valence-corrected chi connectivity index (χ3v) is 6.73. The molecule has 1 heterocycles. The van der Waals surface area contributed by atoms with Crippen LogP contribution in [0, 0.1) is 0 Å². The normalized spacial score (nSPS) is 14.1. The highest BCUT2D eigenvalue weighted by Gasteiger charge is 2.38. The smallest absolute Gasteiger partial charge is 0.490 e. The van der Waals surface area contributed by atoms with Crippen LogP contribution in [-0.2, 0) is 26.2 Å². The van der Waals surface area contributed by atoms with Crippen molar-refractivity contribution in [3.63, 3.8) is 0 Å². The summed E-state index contributed by atoms with van der Waals surface area (Å²) in [5.74, 6) is -2.37. The Morgan fingerprint density at radius 2 is 1.60 bits per heavy atom. The Hall–Kier alpha value is -3.16. The van der Waals surface area contributed by atoms with Gasteiger partial charge < -0.3 is 20.1 Å². The number of carbonyl (C=O) groups is 2. The van der Waals surface area contributed by atoms with Gasteiger partial charge in [0.2, 0.25) is 15.9 Å². The fraction of sp³-hybridized carbons (Fsp3) is 0.364. The minimum atomic E-state index is -5.08. The molecule has 13 heteroatoms. The Balaban J connectivity index is 0.000000540. The van der Waals surface area contributed by atoms with Gasteiger partial charge in [0.25, 0.3) is 0 Å². The van der Waals surface area contributed by atoms with Crippen molar-refractivity contribution in [2.24, 2.45) is 0 Å². The summed E-state index contributed by atoms with van der Waals surface area (Å²) in [6.07, 6.45) is -5.08. The maximum absolute atomic E-state index is 13.3. The molecule has 2 N–H and O–H groups in total. The van der Waals surface area contributed by atoms with Gasteiger partial charge in [-0.25, -0.2) is 13.2 Å². The highest BCUT2D eigenvalue weighted by Crippen LogP contribution is 2.21. The van der Waals surface area contributed by atoms with Crippen LogP contribution in [0.15, 0.2) is 59.5 Å². The van der Waals surface area contributed by atoms with Gasteiger partial charge in [0.1, 0.15) is 5.75 Å². The van der Waals surface area contributed by atoms with Gasteiger partial charge in [-0.15, -0.1) is 0 Å². The fourth-order valence-corrected chi connectivity index (χ4v) is 4.45. The van der Waals surface area contributed by atoms with E-state index in [-0.39, 0.29) is 23.9 Å². The number of carbonyl (C=O) groups excluding carboxylic acids is 1. The predicted octanol–water partition coefficient (Wildman–Crippen LogP) is 1.95. The molecule has 0 aliphatic carbocycles. The number of ether oxygens (including phenoxy) is 1. The number of piperazine rings is 1. The number of nitrogens with one attached hydrogen (secondary N) is 1. The van der Waals surface area contributed by atoms with Crippen LogP contribution in [0.1, 0.15) is 5.56 Å². The Bertz CT molecular complexity index is 1070. The Kier molecular flexibility index (Phi) is 10.0. The molecule has 0 aromatic heterocycles. The molecular formula is C22H26F3N3O6S. The number of hydrogen-bond donors (Lipinski definition) is 2. The number of benzene rings is 2. The van der Waals surface area contributed by atoms with Crippen LogP contribution < -0.4 is 10.1 Å². The Labute approximate surface area is 201 Å². The zero-order valence-electron chi connectivity index (χ0n) is 18.9. The van der Waals surface area contributed by atoms with E-state index in [1.807, 2.05) is 30.3 Å². The largest absolute Gasteiger partial charge is 0.497 e. The van der Waals surface area contributed by atoms with Crippen LogP contribution in [0.5, 0.6) is 5.75 Å². The Morgan fingerprint density at radius 1 is 1.06 bits per heavy atom. The molecule has 0 bridgehead atoms. The van der Waals surface area contributed by atoms with E-state index in [1.54, 1.807) is 17.0 Å². The zero-order valence-corrected chi connectivity index (χ0v) is 19.7. The molecule has 0 radical (unpaired) electrons. The minimum absolute atomic E-state index is 0.132. The molecule has 35 heavy (non-hydrogen) atoms. The molecule has 0 atom stereocenters. The number of rotatable bonds is 7. The zero-order chi connectivity index (χ0) is 26.1. The maximum atomic E-state index is 13.3. The van der Waals surface area contributed by atoms with Crippen LogP contribution in [-0.4, -0.2) is 80.6 Å². The van der Waals surface area contributed by atoms with Crippen molar-refractivity contribution in [2.45, 2.75) is 17.6 Å². The summed E-state index contributed by atoms with van der Waals surface area (Å²) in [6, 6.07) is 15.5. The van der Waals surface area contributed by atoms with Gasteiger partial charge in [0.15, 0.2) is 0 Å². The SMILES string of the molecule is COc1ccc(S(=O)(=O)N(CC(=O)N2CCNCC2)Cc2ccccc2)cc1.O=C(O)C(F)(F)F. The molecule has 1 aliphatic rings. The van der Waals surface area contributed by atoms with E-state index >= 15 is 0 Å². The Morgan fingerprint density at radius 3 is 2.09 bits per heavy atom. The van der Waals surface area contributed by atoms with E-state index in [1.165, 1.54) is 23.5 Å². The van der Waals surface area contributed by atoms with Crippen molar-refractivity contribution in [3.05, 3.63) is 60.2 Å². The van der Waals surface area contributed by atoms with Gasteiger partial charge >= 0.3 is 12.1 Å². The maximum Gasteiger partial charge on any atom is 0.490 e. The van der Waals surface area contributed by atoms with Crippen LogP contribution in [0.2, 0.25) is 0 Å². The average molecular weight is 518 g/mol. The van der Waals surface area contributed by atoms with Crippen LogP contribution in [0.4, 0.5) is 13.2 Å². The second kappa shape index (κ2) is 12.5. The first-order valence-electron chi connectivity index (χ1n) is 10.4. The lowest BCUT2D eigenvalue weighted by molar-refractivity contribution is -0.192. The average Bonchev–Trinajstić information content (AvgIpc) is 2.84. The highest BCUT2D eigenvalue weighted by molar-refractivity contribution is 7.89. The van der Waals surface area contributed by atoms with Gasteiger partial charge in [-0.1, -0.05) is 30.3 Å². The number of sulfonamides is 1. The number of carboxylic acids is 1. The third-order valence-electron chi connectivity index (χ3n) is 4.92. The molecule has 192 valence electrons. The number of amides is 1. The van der Waals surface area contributed by atoms with Crippen molar-refractivity contribution in [2.75, 3.05) is 39.8 Å². The van der Waals surface area contributed by atoms with Crippen molar-refractivity contribution >= 4 is 21.9 Å². The number of alkyl halides is 3. The first kappa shape index (κ1) is 28.1. The standard InChI is InChI=1S/C20H25N3O4S.C2HF3O2/c1-27-18-7-9-19(10-8-18)28(25,26)23(15-17-5-3-2-4-6-17)16-20(24)22-13-11-21-12-14-22;3-2(4,5)1(6)7/h2-10,21H,11-16H2,1H3;(H,6,7). The van der Waals surface area contributed by atoms with Gasteiger partial charge in [0, 0.05) is 32.7 Å². The first-order chi connectivity index (χ1) is 16.4. The lowest BCUT2D eigenvalue weighted by Gasteiger charge is -2.30. The summed E-state index contributed by atoms with van der Waals surface area (Å²) in [7, 11) is -2.32. The molecule has 1 aliphatic heterocycles. The van der Waals surface area contributed by atoms with E-state index in [9.17, 15) is 26.4 Å². The van der Waals surface area contributed by atoms with Crippen molar-refractivity contribution in [3.8, 4) is 5.75 Å². The number of methoxy groups -OCH3 is 1. The van der Waals surface area contributed by atoms with Crippen LogP contribution in [0.25, 0.3) is 0 Å². The molecule has 1 amide bonds. The molecule has 2 aromatic carbocycles. The highest BCUT2D eigenvalue weighted by atomic mass is 32.2. The topological polar surface area (TPSA) is 116 Å². The van der Waals surface area contributed by atoms with E-state index in [4.69, 9.17) is 14.6 Å². The number of nitrogens with zero attached hydrogens (tertiary/aromatic N) is 2. The van der Waals surface area contributed by atoms with E-state index in [0.717, 1.165) is 18.7 Å². The summed E-state index contributed by atoms with van der Waals surface area (Å²) in [4.78, 5) is 23.5. The van der Waals surface area contributed by atoms with Crippen molar-refractivity contribution in [1.29, 1.82) is 0 Å². The number of halogens is 3. The fourth-order valence-electron chi connectivity index (χ4n) is 3.07. The second-order valence-electron chi connectivity index (χ2n) is 7.37. The molecule has 2 aromatic rings. The second-order valence-corrected chi connectivity index (χ2v) is 9.31. The summed E-state index contributed by atoms with van der Waals surface area (Å²) in [5.41, 5.74) is 0.827. The van der Waals surface area contributed by atoms with Crippen LogP contribution in [0.3, 0.4) is 0 Å². The molecule has 0 spiro atoms. The monoisotopic (exact) mass is 517 g/mol. The molecule has 0 saturated carbocycles. The van der Waals surface area contributed by atoms with Gasteiger partial charge in [-0.2, -0.15) is 17.5 Å². The van der Waals surface area contributed by atoms with E-state index in [2.05, 4.69) is 5.32 Å². The van der Waals surface area contributed by atoms with E-state index < -0.39 is 22.2 Å². The molecule has 1 saturated heterocycles. The number of carboxylic acid groups (broad SMARTS) is 1. The summed E-state index contributed by atoms with van der Waals surface area (Å²) in [5, 5.41) is 10.3. The molecule has 3 rings (SSSR count). The van der Waals surface area contributed by atoms with Gasteiger partial charge in [0.05, 0.1) is 18.6 Å². The van der Waals surface area contributed by atoms with Crippen molar-refractivity contribution in [1.82, 2.24) is 14.5 Å². The predicted molar refractivity (Wildman–Crippen MR) is 120 cm³/mol. The quantitative estimate of drug-likeness (QED) is 0.577. The summed E-state index contributed by atoms with van der Waals surface area (Å²) >= 11 is 0. The van der Waals surface area contributed by atoms with Crippen LogP contribution >= 0.6 is 0 Å². The molecule has 1 fully saturated rings. The van der Waals surface area contributed by atoms with Gasteiger partial charge in [-0.3, -0.25) is 4.79 Å². The lowest BCUT2D eigenvalue weighted by atomic mass is 10.2. The van der Waals surface area contributed by atoms with Gasteiger partial charge in [-0.05, 0) is 29.8 Å².